The number of thiazole rings is 1. The summed E-state index contributed by atoms with van der Waals surface area (Å²) in [7, 11) is 0. The van der Waals surface area contributed by atoms with Crippen molar-refractivity contribution in [1.29, 1.82) is 0 Å². The summed E-state index contributed by atoms with van der Waals surface area (Å²) in [5.74, 6) is -0.181. The molecule has 24 heavy (non-hydrogen) atoms. The summed E-state index contributed by atoms with van der Waals surface area (Å²) in [5.41, 5.74) is 7.22. The highest BCUT2D eigenvalue weighted by Crippen LogP contribution is 2.28. The van der Waals surface area contributed by atoms with Gasteiger partial charge in [0, 0.05) is 29.1 Å². The van der Waals surface area contributed by atoms with Crippen LogP contribution in [-0.4, -0.2) is 35.9 Å². The maximum atomic E-state index is 12.4. The van der Waals surface area contributed by atoms with Crippen molar-refractivity contribution in [1.82, 2.24) is 4.98 Å². The van der Waals surface area contributed by atoms with Gasteiger partial charge in [0.2, 0.25) is 5.91 Å². The Labute approximate surface area is 155 Å². The SMILES string of the molecule is CSc1ccc(-c2csc(NC(=O)C3(N)CCOCC3)n2)cc1.Cl. The van der Waals surface area contributed by atoms with Crippen LogP contribution in [-0.2, 0) is 9.53 Å². The number of thioether (sulfide) groups is 1. The lowest BCUT2D eigenvalue weighted by Gasteiger charge is -2.31. The molecule has 130 valence electrons. The molecule has 1 saturated heterocycles. The predicted octanol–water partition coefficient (Wildman–Crippen LogP) is 3.40. The number of carbonyl (C=O) groups excluding carboxylic acids is 1. The molecule has 0 bridgehead atoms. The number of nitrogens with zero attached hydrogens (tertiary/aromatic N) is 1. The molecule has 0 spiro atoms. The Balaban J connectivity index is 0.00000208. The molecule has 3 rings (SSSR count). The van der Waals surface area contributed by atoms with Gasteiger partial charge in [-0.2, -0.15) is 0 Å². The zero-order valence-electron chi connectivity index (χ0n) is 13.3. The topological polar surface area (TPSA) is 77.2 Å². The number of ether oxygens (including phenoxy) is 1. The van der Waals surface area contributed by atoms with E-state index in [4.69, 9.17) is 10.5 Å². The highest BCUT2D eigenvalue weighted by molar-refractivity contribution is 7.98. The Morgan fingerprint density at radius 2 is 2.00 bits per heavy atom. The van der Waals surface area contributed by atoms with Crippen LogP contribution in [0.4, 0.5) is 5.13 Å². The molecule has 0 saturated carbocycles. The second kappa shape index (κ2) is 8.31. The van der Waals surface area contributed by atoms with Gasteiger partial charge >= 0.3 is 0 Å². The maximum absolute atomic E-state index is 12.4. The average molecular weight is 386 g/mol. The van der Waals surface area contributed by atoms with Gasteiger partial charge in [-0.25, -0.2) is 4.98 Å². The van der Waals surface area contributed by atoms with Crippen LogP contribution in [0.5, 0.6) is 0 Å². The van der Waals surface area contributed by atoms with E-state index >= 15 is 0 Å². The summed E-state index contributed by atoms with van der Waals surface area (Å²) in [4.78, 5) is 18.1. The number of hydrogen-bond donors (Lipinski definition) is 2. The fourth-order valence-electron chi connectivity index (χ4n) is 2.41. The Morgan fingerprint density at radius 1 is 1.33 bits per heavy atom. The van der Waals surface area contributed by atoms with Crippen LogP contribution in [0.15, 0.2) is 34.5 Å². The summed E-state index contributed by atoms with van der Waals surface area (Å²) in [6.07, 6.45) is 3.12. The van der Waals surface area contributed by atoms with Crippen LogP contribution in [0.3, 0.4) is 0 Å². The minimum Gasteiger partial charge on any atom is -0.381 e. The number of amides is 1. The van der Waals surface area contributed by atoms with Crippen molar-refractivity contribution in [2.45, 2.75) is 23.3 Å². The molecule has 3 N–H and O–H groups in total. The standard InChI is InChI=1S/C16H19N3O2S2.ClH/c1-22-12-4-2-11(3-5-12)13-10-23-15(18-13)19-14(20)16(17)6-8-21-9-7-16;/h2-5,10H,6-9,17H2,1H3,(H,18,19,20);1H. The third-order valence-corrected chi connectivity index (χ3v) is 5.45. The summed E-state index contributed by atoms with van der Waals surface area (Å²) < 4.78 is 5.27. The molecule has 0 atom stereocenters. The molecule has 0 radical (unpaired) electrons. The molecule has 2 aromatic rings. The number of aromatic nitrogens is 1. The number of nitrogens with two attached hydrogens (primary N) is 1. The van der Waals surface area contributed by atoms with Crippen molar-refractivity contribution in [3.63, 3.8) is 0 Å². The zero-order chi connectivity index (χ0) is 16.3. The van der Waals surface area contributed by atoms with E-state index in [1.165, 1.54) is 16.2 Å². The maximum Gasteiger partial charge on any atom is 0.246 e. The normalized spacial score (nSPS) is 16.2. The van der Waals surface area contributed by atoms with Crippen molar-refractivity contribution < 1.29 is 9.53 Å². The Kier molecular flexibility index (Phi) is 6.65. The lowest BCUT2D eigenvalue weighted by molar-refractivity contribution is -0.124. The zero-order valence-corrected chi connectivity index (χ0v) is 15.7. The molecule has 0 unspecified atom stereocenters. The predicted molar refractivity (Wildman–Crippen MR) is 102 cm³/mol. The number of anilines is 1. The van der Waals surface area contributed by atoms with E-state index < -0.39 is 5.54 Å². The van der Waals surface area contributed by atoms with E-state index in [1.54, 1.807) is 11.8 Å². The molecular weight excluding hydrogens is 366 g/mol. The first-order chi connectivity index (χ1) is 11.1. The van der Waals surface area contributed by atoms with E-state index in [0.717, 1.165) is 11.3 Å². The van der Waals surface area contributed by atoms with Gasteiger partial charge in [-0.05, 0) is 31.2 Å². The first kappa shape index (κ1) is 19.2. The van der Waals surface area contributed by atoms with E-state index in [2.05, 4.69) is 22.4 Å². The highest BCUT2D eigenvalue weighted by Gasteiger charge is 2.36. The molecular formula is C16H20ClN3O2S2. The molecule has 8 heteroatoms. The van der Waals surface area contributed by atoms with Gasteiger partial charge in [-0.3, -0.25) is 4.79 Å². The number of benzene rings is 1. The summed E-state index contributed by atoms with van der Waals surface area (Å²) in [6, 6.07) is 8.20. The van der Waals surface area contributed by atoms with E-state index in [-0.39, 0.29) is 18.3 Å². The monoisotopic (exact) mass is 385 g/mol. The number of carbonyl (C=O) groups is 1. The fraction of sp³-hybridized carbons (Fsp3) is 0.375. The summed E-state index contributed by atoms with van der Waals surface area (Å²) >= 11 is 3.11. The van der Waals surface area contributed by atoms with Crippen LogP contribution in [0.1, 0.15) is 12.8 Å². The van der Waals surface area contributed by atoms with Gasteiger partial charge in [0.05, 0.1) is 5.69 Å². The summed E-state index contributed by atoms with van der Waals surface area (Å²) in [6.45, 7) is 1.05. The quantitative estimate of drug-likeness (QED) is 0.788. The van der Waals surface area contributed by atoms with Gasteiger partial charge in [0.15, 0.2) is 5.13 Å². The lowest BCUT2D eigenvalue weighted by atomic mass is 9.90. The molecule has 1 aliphatic heterocycles. The third kappa shape index (κ3) is 4.29. The second-order valence-corrected chi connectivity index (χ2v) is 7.23. The van der Waals surface area contributed by atoms with Crippen molar-refractivity contribution in [2.75, 3.05) is 24.8 Å². The van der Waals surface area contributed by atoms with Crippen LogP contribution in [0, 0.1) is 0 Å². The first-order valence-electron chi connectivity index (χ1n) is 7.39. The van der Waals surface area contributed by atoms with Gasteiger partial charge in [0.1, 0.15) is 5.54 Å². The van der Waals surface area contributed by atoms with Crippen molar-refractivity contribution in [3.8, 4) is 11.3 Å². The van der Waals surface area contributed by atoms with Gasteiger partial charge in [-0.1, -0.05) is 12.1 Å². The molecule has 1 aliphatic rings. The van der Waals surface area contributed by atoms with E-state index in [9.17, 15) is 4.79 Å². The average Bonchev–Trinajstić information content (AvgIpc) is 3.04. The Morgan fingerprint density at radius 3 is 2.62 bits per heavy atom. The van der Waals surface area contributed by atoms with Gasteiger partial charge < -0.3 is 15.8 Å². The third-order valence-electron chi connectivity index (χ3n) is 3.95. The molecule has 1 aromatic carbocycles. The highest BCUT2D eigenvalue weighted by atomic mass is 35.5. The largest absolute Gasteiger partial charge is 0.381 e. The van der Waals surface area contributed by atoms with E-state index in [1.807, 2.05) is 23.8 Å². The van der Waals surface area contributed by atoms with Gasteiger partial charge in [-0.15, -0.1) is 35.5 Å². The number of nitrogens with one attached hydrogen (secondary N) is 1. The molecule has 1 fully saturated rings. The molecule has 1 amide bonds. The first-order valence-corrected chi connectivity index (χ1v) is 9.49. The second-order valence-electron chi connectivity index (χ2n) is 5.49. The van der Waals surface area contributed by atoms with Crippen LogP contribution < -0.4 is 11.1 Å². The smallest absolute Gasteiger partial charge is 0.246 e. The molecule has 2 heterocycles. The van der Waals surface area contributed by atoms with E-state index in [0.29, 0.717) is 31.2 Å². The minimum atomic E-state index is -0.857. The number of halogens is 1. The van der Waals surface area contributed by atoms with Crippen LogP contribution in [0.2, 0.25) is 0 Å². The molecule has 5 nitrogen and oxygen atoms in total. The van der Waals surface area contributed by atoms with Gasteiger partial charge in [0.25, 0.3) is 0 Å². The molecule has 1 aromatic heterocycles. The van der Waals surface area contributed by atoms with Crippen LogP contribution >= 0.6 is 35.5 Å². The van der Waals surface area contributed by atoms with Crippen LogP contribution in [0.25, 0.3) is 11.3 Å². The number of hydrogen-bond acceptors (Lipinski definition) is 6. The van der Waals surface area contributed by atoms with Crippen molar-refractivity contribution >= 4 is 46.5 Å². The Bertz CT molecular complexity index is 685. The van der Waals surface area contributed by atoms with Crippen molar-refractivity contribution in [2.24, 2.45) is 5.73 Å². The lowest BCUT2D eigenvalue weighted by Crippen LogP contribution is -2.54. The summed E-state index contributed by atoms with van der Waals surface area (Å²) in [5, 5.41) is 5.37. The molecule has 0 aliphatic carbocycles. The Hall–Kier alpha value is -1.12. The fourth-order valence-corrected chi connectivity index (χ4v) is 3.53. The minimum absolute atomic E-state index is 0. The number of rotatable bonds is 4. The van der Waals surface area contributed by atoms with Crippen molar-refractivity contribution in [3.05, 3.63) is 29.6 Å².